The molecule has 1 aromatic carbocycles. The third kappa shape index (κ3) is 3.06. The number of anilines is 2. The topological polar surface area (TPSA) is 7.12 Å². The van der Waals surface area contributed by atoms with Crippen LogP contribution in [0.3, 0.4) is 0 Å². The molecular weight excluding hydrogens is 431 g/mol. The number of hydrogen-bond donors (Lipinski definition) is 0. The number of aryl methyl sites for hydroxylation is 1. The molecule has 1 aromatic heterocycles. The van der Waals surface area contributed by atoms with E-state index in [0.29, 0.717) is 5.54 Å². The van der Waals surface area contributed by atoms with Gasteiger partial charge in [-0.2, -0.15) is 4.57 Å². The molecule has 138 valence electrons. The van der Waals surface area contributed by atoms with Crippen molar-refractivity contribution in [2.75, 3.05) is 11.9 Å². The summed E-state index contributed by atoms with van der Waals surface area (Å²) < 4.78 is 2.57. The van der Waals surface area contributed by atoms with E-state index >= 15 is 0 Å². The molecular formula is C23H29IN2. The summed E-state index contributed by atoms with van der Waals surface area (Å²) in [7, 11) is 2.16. The van der Waals surface area contributed by atoms with Crippen molar-refractivity contribution in [3.8, 4) is 0 Å². The van der Waals surface area contributed by atoms with E-state index in [-0.39, 0.29) is 24.0 Å². The number of aromatic nitrogens is 1. The van der Waals surface area contributed by atoms with Crippen molar-refractivity contribution in [1.29, 1.82) is 0 Å². The molecule has 4 aliphatic carbocycles. The monoisotopic (exact) mass is 460 g/mol. The fraction of sp³-hybridized carbons (Fsp3) is 0.522. The van der Waals surface area contributed by atoms with Gasteiger partial charge in [0.05, 0.1) is 5.69 Å². The average Bonchev–Trinajstić information content (AvgIpc) is 2.61. The number of rotatable bonds is 3. The van der Waals surface area contributed by atoms with E-state index in [9.17, 15) is 0 Å². The van der Waals surface area contributed by atoms with Gasteiger partial charge in [0.2, 0.25) is 0 Å². The Labute approximate surface area is 174 Å². The van der Waals surface area contributed by atoms with E-state index in [0.717, 1.165) is 17.8 Å². The highest BCUT2D eigenvalue weighted by atomic mass is 127. The van der Waals surface area contributed by atoms with Crippen LogP contribution in [0.25, 0.3) is 0 Å². The van der Waals surface area contributed by atoms with Gasteiger partial charge in [0.15, 0.2) is 17.9 Å². The Balaban J connectivity index is 0.00000168. The third-order valence-corrected chi connectivity index (χ3v) is 7.17. The van der Waals surface area contributed by atoms with Crippen molar-refractivity contribution in [2.24, 2.45) is 17.8 Å². The van der Waals surface area contributed by atoms with E-state index in [1.165, 1.54) is 55.5 Å². The van der Waals surface area contributed by atoms with Gasteiger partial charge in [-0.05, 0) is 56.1 Å². The molecule has 2 aromatic rings. The Hall–Kier alpha value is -1.10. The zero-order valence-corrected chi connectivity index (χ0v) is 18.0. The summed E-state index contributed by atoms with van der Waals surface area (Å²) in [5.74, 6) is 2.98. The van der Waals surface area contributed by atoms with E-state index in [1.54, 1.807) is 0 Å². The molecule has 2 nitrogen and oxygen atoms in total. The Morgan fingerprint density at radius 1 is 0.808 bits per heavy atom. The van der Waals surface area contributed by atoms with Crippen molar-refractivity contribution in [1.82, 2.24) is 0 Å². The van der Waals surface area contributed by atoms with Crippen molar-refractivity contribution in [3.63, 3.8) is 0 Å². The molecule has 0 aliphatic heterocycles. The van der Waals surface area contributed by atoms with Gasteiger partial charge in [-0.25, -0.2) is 0 Å². The summed E-state index contributed by atoms with van der Waals surface area (Å²) in [6, 6.07) is 13.4. The lowest BCUT2D eigenvalue weighted by Crippen LogP contribution is -3.00. The van der Waals surface area contributed by atoms with Crippen LogP contribution in [-0.4, -0.2) is 7.05 Å². The average molecular weight is 460 g/mol. The summed E-state index contributed by atoms with van der Waals surface area (Å²) in [5.41, 5.74) is 4.25. The van der Waals surface area contributed by atoms with Crippen LogP contribution < -0.4 is 33.4 Å². The fourth-order valence-electron chi connectivity index (χ4n) is 6.26. The first-order valence-corrected chi connectivity index (χ1v) is 9.93. The molecule has 4 saturated carbocycles. The van der Waals surface area contributed by atoms with Gasteiger partial charge in [0.25, 0.3) is 0 Å². The lowest BCUT2D eigenvalue weighted by molar-refractivity contribution is -0.776. The molecule has 0 N–H and O–H groups in total. The second-order valence-electron chi connectivity index (χ2n) is 9.00. The SMILES string of the molecule is Cc1ccc(N(C)c2cc[n+](C34CC5CC(CC(C5)C3)C4)cc2)cc1.[I-]. The molecule has 1 heterocycles. The van der Waals surface area contributed by atoms with Gasteiger partial charge >= 0.3 is 0 Å². The fourth-order valence-corrected chi connectivity index (χ4v) is 6.26. The van der Waals surface area contributed by atoms with Crippen LogP contribution in [0.15, 0.2) is 48.8 Å². The number of hydrogen-bond acceptors (Lipinski definition) is 1. The van der Waals surface area contributed by atoms with Crippen molar-refractivity contribution in [3.05, 3.63) is 54.4 Å². The second kappa shape index (κ2) is 6.81. The molecule has 0 atom stereocenters. The molecule has 0 spiro atoms. The molecule has 0 radical (unpaired) electrons. The summed E-state index contributed by atoms with van der Waals surface area (Å²) in [6.07, 6.45) is 13.5. The van der Waals surface area contributed by atoms with Crippen LogP contribution in [-0.2, 0) is 5.54 Å². The van der Waals surface area contributed by atoms with Crippen molar-refractivity contribution >= 4 is 11.4 Å². The van der Waals surface area contributed by atoms with Crippen LogP contribution in [0, 0.1) is 24.7 Å². The van der Waals surface area contributed by atoms with E-state index in [2.05, 4.69) is 72.2 Å². The van der Waals surface area contributed by atoms with Gasteiger partial charge in [0.1, 0.15) is 0 Å². The van der Waals surface area contributed by atoms with E-state index < -0.39 is 0 Å². The quantitative estimate of drug-likeness (QED) is 0.502. The predicted octanol–water partition coefficient (Wildman–Crippen LogP) is 1.98. The summed E-state index contributed by atoms with van der Waals surface area (Å²) >= 11 is 0. The van der Waals surface area contributed by atoms with Crippen LogP contribution in [0.5, 0.6) is 0 Å². The first-order valence-electron chi connectivity index (χ1n) is 9.93. The maximum atomic E-state index is 2.57. The Morgan fingerprint density at radius 3 is 1.77 bits per heavy atom. The smallest absolute Gasteiger partial charge is 0.171 e. The summed E-state index contributed by atoms with van der Waals surface area (Å²) in [4.78, 5) is 2.28. The molecule has 3 heteroatoms. The molecule has 6 rings (SSSR count). The highest BCUT2D eigenvalue weighted by Gasteiger charge is 2.56. The third-order valence-electron chi connectivity index (χ3n) is 7.17. The number of benzene rings is 1. The molecule has 4 fully saturated rings. The minimum absolute atomic E-state index is 0. The minimum Gasteiger partial charge on any atom is -1.00 e. The Kier molecular flexibility index (Phi) is 4.79. The van der Waals surface area contributed by atoms with E-state index in [4.69, 9.17) is 0 Å². The summed E-state index contributed by atoms with van der Waals surface area (Å²) in [5, 5.41) is 0. The lowest BCUT2D eigenvalue weighted by atomic mass is 9.53. The highest BCUT2D eigenvalue weighted by molar-refractivity contribution is 5.61. The van der Waals surface area contributed by atoms with Gasteiger partial charge < -0.3 is 28.9 Å². The number of halogens is 1. The number of pyridine rings is 1. The molecule has 4 aliphatic rings. The summed E-state index contributed by atoms with van der Waals surface area (Å²) in [6.45, 7) is 2.14. The van der Waals surface area contributed by atoms with Crippen molar-refractivity contribution < 1.29 is 28.5 Å². The van der Waals surface area contributed by atoms with Gasteiger partial charge in [-0.15, -0.1) is 0 Å². The van der Waals surface area contributed by atoms with E-state index in [1.807, 2.05) is 0 Å². The van der Waals surface area contributed by atoms with Gasteiger partial charge in [-0.1, -0.05) is 17.7 Å². The van der Waals surface area contributed by atoms with Crippen LogP contribution >= 0.6 is 0 Å². The first kappa shape index (κ1) is 18.3. The highest BCUT2D eigenvalue weighted by Crippen LogP contribution is 2.56. The molecule has 4 bridgehead atoms. The lowest BCUT2D eigenvalue weighted by Gasteiger charge is -2.53. The maximum absolute atomic E-state index is 2.57. The van der Waals surface area contributed by atoms with Crippen LogP contribution in [0.2, 0.25) is 0 Å². The minimum atomic E-state index is 0. The molecule has 0 unspecified atom stereocenters. The first-order chi connectivity index (χ1) is 12.1. The number of nitrogens with zero attached hydrogens (tertiary/aromatic N) is 2. The van der Waals surface area contributed by atoms with Gasteiger partial charge in [0, 0.05) is 44.1 Å². The largest absolute Gasteiger partial charge is 1.00 e. The van der Waals surface area contributed by atoms with Gasteiger partial charge in [-0.3, -0.25) is 0 Å². The predicted molar refractivity (Wildman–Crippen MR) is 102 cm³/mol. The van der Waals surface area contributed by atoms with Crippen LogP contribution in [0.4, 0.5) is 11.4 Å². The standard InChI is InChI=1S/C23H29N2.HI/c1-17-3-5-21(6-4-17)24(2)22-7-9-25(10-8-22)23-14-18-11-19(15-23)13-20(12-18)16-23;/h3-10,18-20H,11-16H2,1-2H3;1H/q+1;/p-1. The second-order valence-corrected chi connectivity index (χ2v) is 9.00. The zero-order valence-electron chi connectivity index (χ0n) is 15.9. The Morgan fingerprint density at radius 2 is 1.27 bits per heavy atom. The Bertz CT molecular complexity index is 731. The zero-order chi connectivity index (χ0) is 17.0. The normalized spacial score (nSPS) is 31.5. The maximum Gasteiger partial charge on any atom is 0.171 e. The molecule has 0 saturated heterocycles. The van der Waals surface area contributed by atoms with Crippen LogP contribution in [0.1, 0.15) is 44.1 Å². The molecule has 26 heavy (non-hydrogen) atoms. The van der Waals surface area contributed by atoms with Crippen molar-refractivity contribution in [2.45, 2.75) is 51.0 Å². The molecule has 0 amide bonds.